The summed E-state index contributed by atoms with van der Waals surface area (Å²) in [6, 6.07) is 2.74. The van der Waals surface area contributed by atoms with Crippen LogP contribution in [-0.2, 0) is 4.74 Å². The Morgan fingerprint density at radius 1 is 1.55 bits per heavy atom. The molecule has 0 amide bonds. The average molecular weight is 281 g/mol. The van der Waals surface area contributed by atoms with Crippen LogP contribution in [-0.4, -0.2) is 44.2 Å². The predicted octanol–water partition coefficient (Wildman–Crippen LogP) is 1.70. The molecule has 1 aliphatic heterocycles. The minimum absolute atomic E-state index is 0.0839. The number of carbonyl (C=O) groups excluding carboxylic acids is 1. The number of nitrogens with zero attached hydrogens (tertiary/aromatic N) is 1. The molecule has 0 aliphatic carbocycles. The highest BCUT2D eigenvalue weighted by atomic mass is 19.1. The minimum Gasteiger partial charge on any atom is -0.465 e. The van der Waals surface area contributed by atoms with Crippen LogP contribution in [0.5, 0.6) is 0 Å². The second-order valence-corrected chi connectivity index (χ2v) is 5.16. The van der Waals surface area contributed by atoms with Gasteiger partial charge in [-0.25, -0.2) is 9.18 Å². The van der Waals surface area contributed by atoms with Crippen molar-refractivity contribution in [2.75, 3.05) is 38.3 Å². The van der Waals surface area contributed by atoms with Crippen molar-refractivity contribution in [1.82, 2.24) is 4.90 Å². The maximum absolute atomic E-state index is 13.9. The number of nitrogen functional groups attached to an aromatic ring is 1. The van der Waals surface area contributed by atoms with Crippen molar-refractivity contribution in [3.63, 3.8) is 0 Å². The number of hydrogen-bond donors (Lipinski definition) is 2. The van der Waals surface area contributed by atoms with E-state index in [0.29, 0.717) is 5.69 Å². The maximum Gasteiger partial charge on any atom is 0.340 e. The molecule has 3 N–H and O–H groups in total. The van der Waals surface area contributed by atoms with Crippen molar-refractivity contribution in [2.45, 2.75) is 18.9 Å². The molecule has 110 valence electrons. The van der Waals surface area contributed by atoms with E-state index in [1.165, 1.54) is 13.2 Å². The van der Waals surface area contributed by atoms with Crippen molar-refractivity contribution in [3.05, 3.63) is 23.5 Å². The van der Waals surface area contributed by atoms with E-state index < -0.39 is 11.8 Å². The lowest BCUT2D eigenvalue weighted by Gasteiger charge is -2.31. The van der Waals surface area contributed by atoms with Crippen LogP contribution in [0.15, 0.2) is 12.1 Å². The van der Waals surface area contributed by atoms with Crippen LogP contribution in [0, 0.1) is 5.82 Å². The molecule has 1 aromatic rings. The molecule has 20 heavy (non-hydrogen) atoms. The van der Waals surface area contributed by atoms with Crippen LogP contribution < -0.4 is 11.1 Å². The summed E-state index contributed by atoms with van der Waals surface area (Å²) in [6.07, 6.45) is 2.04. The van der Waals surface area contributed by atoms with E-state index in [9.17, 15) is 9.18 Å². The molecular formula is C14H20FN3O2. The lowest BCUT2D eigenvalue weighted by atomic mass is 10.1. The second kappa shape index (κ2) is 6.09. The van der Waals surface area contributed by atoms with Gasteiger partial charge in [0.1, 0.15) is 5.82 Å². The number of rotatable bonds is 3. The molecule has 0 bridgehead atoms. The summed E-state index contributed by atoms with van der Waals surface area (Å²) in [5, 5.41) is 3.15. The smallest absolute Gasteiger partial charge is 0.340 e. The number of anilines is 2. The summed E-state index contributed by atoms with van der Waals surface area (Å²) in [4.78, 5) is 13.8. The molecule has 1 heterocycles. The summed E-state index contributed by atoms with van der Waals surface area (Å²) < 4.78 is 18.6. The van der Waals surface area contributed by atoms with Gasteiger partial charge in [-0.1, -0.05) is 0 Å². The first-order valence-corrected chi connectivity index (χ1v) is 6.63. The fourth-order valence-corrected chi connectivity index (χ4v) is 2.49. The Balaban J connectivity index is 2.20. The number of methoxy groups -OCH3 is 1. The number of likely N-dealkylation sites (tertiary alicyclic amines) is 1. The number of likely N-dealkylation sites (N-methyl/N-ethyl adjacent to an activating group) is 1. The lowest BCUT2D eigenvalue weighted by molar-refractivity contribution is 0.0602. The van der Waals surface area contributed by atoms with Gasteiger partial charge in [0.2, 0.25) is 0 Å². The quantitative estimate of drug-likeness (QED) is 0.652. The topological polar surface area (TPSA) is 67.6 Å². The number of piperidine rings is 1. The van der Waals surface area contributed by atoms with Crippen molar-refractivity contribution < 1.29 is 13.9 Å². The first-order chi connectivity index (χ1) is 9.51. The standard InChI is InChI=1S/C14H20FN3O2/c1-18-5-3-4-9(8-18)17-13-6-10(14(19)20-2)12(16)7-11(13)15/h6-7,9,17H,3-5,8,16H2,1-2H3. The Labute approximate surface area is 117 Å². The molecule has 1 saturated heterocycles. The summed E-state index contributed by atoms with van der Waals surface area (Å²) in [6.45, 7) is 1.90. The van der Waals surface area contributed by atoms with Crippen LogP contribution in [0.4, 0.5) is 15.8 Å². The van der Waals surface area contributed by atoms with E-state index in [2.05, 4.69) is 15.0 Å². The monoisotopic (exact) mass is 281 g/mol. The summed E-state index contributed by atoms with van der Waals surface area (Å²) in [5.74, 6) is -1.02. The predicted molar refractivity (Wildman–Crippen MR) is 76.3 cm³/mol. The molecule has 1 unspecified atom stereocenters. The third kappa shape index (κ3) is 3.19. The first kappa shape index (κ1) is 14.6. The van der Waals surface area contributed by atoms with Crippen LogP contribution in [0.1, 0.15) is 23.2 Å². The normalized spacial score (nSPS) is 19.6. The number of benzene rings is 1. The van der Waals surface area contributed by atoms with Crippen LogP contribution in [0.3, 0.4) is 0 Å². The first-order valence-electron chi connectivity index (χ1n) is 6.63. The van der Waals surface area contributed by atoms with Crippen LogP contribution >= 0.6 is 0 Å². The van der Waals surface area contributed by atoms with E-state index in [0.717, 1.165) is 32.0 Å². The molecule has 1 aliphatic rings. The molecule has 2 rings (SSSR count). The number of ether oxygens (including phenoxy) is 1. The van der Waals surface area contributed by atoms with Gasteiger partial charge in [-0.05, 0) is 38.6 Å². The number of hydrogen-bond acceptors (Lipinski definition) is 5. The van der Waals surface area contributed by atoms with Gasteiger partial charge in [0.05, 0.1) is 18.4 Å². The largest absolute Gasteiger partial charge is 0.465 e. The average Bonchev–Trinajstić information content (AvgIpc) is 2.41. The molecule has 0 radical (unpaired) electrons. The molecule has 5 nitrogen and oxygen atoms in total. The number of nitrogens with one attached hydrogen (secondary N) is 1. The highest BCUT2D eigenvalue weighted by Crippen LogP contribution is 2.25. The van der Waals surface area contributed by atoms with E-state index in [1.807, 2.05) is 7.05 Å². The van der Waals surface area contributed by atoms with Gasteiger partial charge in [-0.15, -0.1) is 0 Å². The van der Waals surface area contributed by atoms with E-state index in [-0.39, 0.29) is 17.3 Å². The van der Waals surface area contributed by atoms with Gasteiger partial charge < -0.3 is 20.7 Å². The highest BCUT2D eigenvalue weighted by molar-refractivity contribution is 5.96. The van der Waals surface area contributed by atoms with Gasteiger partial charge in [0.15, 0.2) is 0 Å². The van der Waals surface area contributed by atoms with Crippen molar-refractivity contribution in [3.8, 4) is 0 Å². The zero-order valence-electron chi connectivity index (χ0n) is 11.8. The number of halogens is 1. The fraction of sp³-hybridized carbons (Fsp3) is 0.500. The van der Waals surface area contributed by atoms with E-state index >= 15 is 0 Å². The number of nitrogens with two attached hydrogens (primary N) is 1. The van der Waals surface area contributed by atoms with Crippen molar-refractivity contribution >= 4 is 17.3 Å². The summed E-state index contributed by atoms with van der Waals surface area (Å²) in [5.41, 5.74) is 6.20. The second-order valence-electron chi connectivity index (χ2n) is 5.16. The SMILES string of the molecule is COC(=O)c1cc(NC2CCCN(C)C2)c(F)cc1N. The van der Waals surface area contributed by atoms with Crippen molar-refractivity contribution in [2.24, 2.45) is 0 Å². The number of esters is 1. The van der Waals surface area contributed by atoms with Crippen LogP contribution in [0.2, 0.25) is 0 Å². The van der Waals surface area contributed by atoms with Gasteiger partial charge in [0, 0.05) is 18.3 Å². The third-order valence-corrected chi connectivity index (χ3v) is 3.53. The Morgan fingerprint density at radius 2 is 2.30 bits per heavy atom. The van der Waals surface area contributed by atoms with E-state index in [4.69, 9.17) is 5.73 Å². The zero-order valence-corrected chi connectivity index (χ0v) is 11.8. The molecular weight excluding hydrogens is 261 g/mol. The third-order valence-electron chi connectivity index (χ3n) is 3.53. The molecule has 6 heteroatoms. The molecule has 1 fully saturated rings. The van der Waals surface area contributed by atoms with Gasteiger partial charge in [-0.3, -0.25) is 0 Å². The fourth-order valence-electron chi connectivity index (χ4n) is 2.49. The summed E-state index contributed by atoms with van der Waals surface area (Å²) in [7, 11) is 3.31. The van der Waals surface area contributed by atoms with Gasteiger partial charge >= 0.3 is 5.97 Å². The maximum atomic E-state index is 13.9. The Bertz CT molecular complexity index is 507. The molecule has 0 aromatic heterocycles. The minimum atomic E-state index is -0.564. The van der Waals surface area contributed by atoms with E-state index in [1.54, 1.807) is 0 Å². The number of carbonyl (C=O) groups is 1. The Hall–Kier alpha value is -1.82. The molecule has 1 atom stereocenters. The highest BCUT2D eigenvalue weighted by Gasteiger charge is 2.20. The molecule has 0 spiro atoms. The Morgan fingerprint density at radius 3 is 2.95 bits per heavy atom. The Kier molecular flexibility index (Phi) is 4.44. The molecule has 1 aromatic carbocycles. The van der Waals surface area contributed by atoms with Gasteiger partial charge in [-0.2, -0.15) is 0 Å². The van der Waals surface area contributed by atoms with Crippen molar-refractivity contribution in [1.29, 1.82) is 0 Å². The zero-order chi connectivity index (χ0) is 14.7. The molecule has 0 saturated carbocycles. The summed E-state index contributed by atoms with van der Waals surface area (Å²) >= 11 is 0. The van der Waals surface area contributed by atoms with Crippen LogP contribution in [0.25, 0.3) is 0 Å². The lowest BCUT2D eigenvalue weighted by Crippen LogP contribution is -2.39. The van der Waals surface area contributed by atoms with Gasteiger partial charge in [0.25, 0.3) is 0 Å².